The molecule has 0 N–H and O–H groups in total. The van der Waals surface area contributed by atoms with Crippen LogP contribution in [0.15, 0.2) is 65.6 Å². The molecule has 6 heteroatoms. The number of sulfone groups is 1. The molecule has 3 rings (SSSR count). The van der Waals surface area contributed by atoms with E-state index in [0.29, 0.717) is 16.7 Å². The molecule has 0 aliphatic heterocycles. The van der Waals surface area contributed by atoms with Gasteiger partial charge >= 0.3 is 0 Å². The molecule has 0 aliphatic carbocycles. The second-order valence-electron chi connectivity index (χ2n) is 5.60. The molecular weight excluding hydrogens is 349 g/mol. The topological polar surface area (TPSA) is 34.1 Å². The van der Waals surface area contributed by atoms with Gasteiger partial charge in [0.2, 0.25) is 0 Å². The Morgan fingerprint density at radius 3 is 1.68 bits per heavy atom. The van der Waals surface area contributed by atoms with Gasteiger partial charge in [0.1, 0.15) is 0 Å². The first-order valence-electron chi connectivity index (χ1n) is 7.32. The van der Waals surface area contributed by atoms with Crippen molar-refractivity contribution in [3.05, 3.63) is 78.1 Å². The summed E-state index contributed by atoms with van der Waals surface area (Å²) in [5.41, 5.74) is 2.02. The molecule has 128 valence electrons. The van der Waals surface area contributed by atoms with Crippen molar-refractivity contribution in [3.8, 4) is 22.3 Å². The lowest BCUT2D eigenvalue weighted by Crippen LogP contribution is -1.96. The Kier molecular flexibility index (Phi) is 4.39. The number of hydrogen-bond donors (Lipinski definition) is 0. The Balaban J connectivity index is 2.14. The molecule has 0 unspecified atom stereocenters. The summed E-state index contributed by atoms with van der Waals surface area (Å²) in [5, 5.41) is 0. The van der Waals surface area contributed by atoms with Crippen LogP contribution >= 0.6 is 0 Å². The van der Waals surface area contributed by atoms with E-state index in [2.05, 4.69) is 0 Å². The Morgan fingerprint density at radius 2 is 1.20 bits per heavy atom. The summed E-state index contributed by atoms with van der Waals surface area (Å²) < 4.78 is 63.4. The summed E-state index contributed by atoms with van der Waals surface area (Å²) in [7, 11) is -3.32. The summed E-state index contributed by atoms with van der Waals surface area (Å²) in [6.07, 6.45) is 1.11. The second-order valence-corrected chi connectivity index (χ2v) is 7.61. The first-order chi connectivity index (χ1) is 11.8. The number of hydrogen-bond acceptors (Lipinski definition) is 2. The number of benzene rings is 3. The van der Waals surface area contributed by atoms with E-state index in [4.69, 9.17) is 0 Å². The lowest BCUT2D eigenvalue weighted by Gasteiger charge is -2.11. The van der Waals surface area contributed by atoms with Crippen LogP contribution in [0.4, 0.5) is 13.2 Å². The molecule has 0 spiro atoms. The quantitative estimate of drug-likeness (QED) is 0.625. The average Bonchev–Trinajstić information content (AvgIpc) is 2.58. The van der Waals surface area contributed by atoms with Gasteiger partial charge in [-0.1, -0.05) is 36.4 Å². The van der Waals surface area contributed by atoms with Crippen LogP contribution in [0.2, 0.25) is 0 Å². The van der Waals surface area contributed by atoms with Crippen molar-refractivity contribution in [1.82, 2.24) is 0 Å². The molecule has 0 fully saturated rings. The Labute approximate surface area is 143 Å². The van der Waals surface area contributed by atoms with Crippen molar-refractivity contribution in [2.45, 2.75) is 4.90 Å². The van der Waals surface area contributed by atoms with E-state index in [1.807, 2.05) is 0 Å². The van der Waals surface area contributed by atoms with Crippen molar-refractivity contribution < 1.29 is 21.6 Å². The van der Waals surface area contributed by atoms with Crippen LogP contribution in [-0.2, 0) is 9.84 Å². The van der Waals surface area contributed by atoms with Crippen LogP contribution < -0.4 is 0 Å². The highest BCUT2D eigenvalue weighted by Gasteiger charge is 2.15. The first-order valence-corrected chi connectivity index (χ1v) is 9.21. The van der Waals surface area contributed by atoms with E-state index in [9.17, 15) is 21.6 Å². The molecule has 25 heavy (non-hydrogen) atoms. The minimum atomic E-state index is -3.32. The zero-order valence-electron chi connectivity index (χ0n) is 13.1. The van der Waals surface area contributed by atoms with Crippen molar-refractivity contribution in [2.24, 2.45) is 0 Å². The molecule has 0 radical (unpaired) electrons. The van der Waals surface area contributed by atoms with Crippen molar-refractivity contribution in [2.75, 3.05) is 6.26 Å². The number of halogens is 3. The molecule has 3 aromatic carbocycles. The third-order valence-corrected chi connectivity index (χ3v) is 4.94. The lowest BCUT2D eigenvalue weighted by molar-refractivity contribution is 0.448. The fourth-order valence-electron chi connectivity index (χ4n) is 2.58. The molecule has 2 nitrogen and oxygen atoms in total. The highest BCUT2D eigenvalue weighted by molar-refractivity contribution is 7.90. The Morgan fingerprint density at radius 1 is 0.720 bits per heavy atom. The van der Waals surface area contributed by atoms with Gasteiger partial charge in [-0.25, -0.2) is 21.6 Å². The van der Waals surface area contributed by atoms with Gasteiger partial charge in [0.25, 0.3) is 0 Å². The van der Waals surface area contributed by atoms with E-state index in [1.54, 1.807) is 36.4 Å². The zero-order chi connectivity index (χ0) is 18.2. The van der Waals surface area contributed by atoms with Crippen molar-refractivity contribution >= 4 is 9.84 Å². The number of rotatable bonds is 3. The molecule has 0 heterocycles. The van der Waals surface area contributed by atoms with Gasteiger partial charge in [0, 0.05) is 6.26 Å². The van der Waals surface area contributed by atoms with Crippen LogP contribution in [0, 0.1) is 17.5 Å². The van der Waals surface area contributed by atoms with Gasteiger partial charge in [-0.15, -0.1) is 0 Å². The predicted molar refractivity (Wildman–Crippen MR) is 90.3 cm³/mol. The minimum Gasteiger partial charge on any atom is -0.224 e. The molecule has 0 aromatic heterocycles. The summed E-state index contributed by atoms with van der Waals surface area (Å²) >= 11 is 0. The maximum Gasteiger partial charge on any atom is 0.194 e. The van der Waals surface area contributed by atoms with Crippen LogP contribution in [0.25, 0.3) is 22.3 Å². The van der Waals surface area contributed by atoms with Crippen LogP contribution in [-0.4, -0.2) is 14.7 Å². The average molecular weight is 362 g/mol. The summed E-state index contributed by atoms with van der Waals surface area (Å²) in [4.78, 5) is 0.174. The van der Waals surface area contributed by atoms with E-state index in [-0.39, 0.29) is 10.5 Å². The first kappa shape index (κ1) is 17.2. The van der Waals surface area contributed by atoms with E-state index < -0.39 is 27.3 Å². The maximum atomic E-state index is 13.6. The standard InChI is InChI=1S/C19H13F3O2S/c1-25(23,24)14-8-6-12(7-9-14)15-4-2-3-5-16(15)13-10-17(20)19(22)18(21)11-13/h2-11H,1H3. The summed E-state index contributed by atoms with van der Waals surface area (Å²) in [6.45, 7) is 0. The molecule has 0 saturated carbocycles. The second kappa shape index (κ2) is 6.37. The molecule has 3 aromatic rings. The SMILES string of the molecule is CS(=O)(=O)c1ccc(-c2ccccc2-c2cc(F)c(F)c(F)c2)cc1. The maximum absolute atomic E-state index is 13.6. The minimum absolute atomic E-state index is 0.174. The monoisotopic (exact) mass is 362 g/mol. The molecule has 0 aliphatic rings. The van der Waals surface area contributed by atoms with E-state index in [1.165, 1.54) is 12.1 Å². The zero-order valence-corrected chi connectivity index (χ0v) is 13.9. The molecule has 0 atom stereocenters. The lowest BCUT2D eigenvalue weighted by atomic mass is 9.94. The third-order valence-electron chi connectivity index (χ3n) is 3.82. The fourth-order valence-corrected chi connectivity index (χ4v) is 3.21. The van der Waals surface area contributed by atoms with Crippen molar-refractivity contribution in [1.29, 1.82) is 0 Å². The molecule has 0 amide bonds. The molecular formula is C19H13F3O2S. The predicted octanol–water partition coefficient (Wildman–Crippen LogP) is 4.84. The van der Waals surface area contributed by atoms with Gasteiger partial charge in [0.15, 0.2) is 27.3 Å². The largest absolute Gasteiger partial charge is 0.224 e. The van der Waals surface area contributed by atoms with Crippen LogP contribution in [0.1, 0.15) is 0 Å². The highest BCUT2D eigenvalue weighted by atomic mass is 32.2. The van der Waals surface area contributed by atoms with Gasteiger partial charge < -0.3 is 0 Å². The Bertz CT molecular complexity index is 1020. The summed E-state index contributed by atoms with van der Waals surface area (Å²) in [6, 6.07) is 14.9. The summed E-state index contributed by atoms with van der Waals surface area (Å²) in [5.74, 6) is -4.05. The van der Waals surface area contributed by atoms with Gasteiger partial charge in [0.05, 0.1) is 4.90 Å². The van der Waals surface area contributed by atoms with Crippen molar-refractivity contribution in [3.63, 3.8) is 0 Å². The van der Waals surface area contributed by atoms with Gasteiger partial charge in [-0.2, -0.15) is 0 Å². The normalized spacial score (nSPS) is 11.5. The van der Waals surface area contributed by atoms with E-state index >= 15 is 0 Å². The van der Waals surface area contributed by atoms with E-state index in [0.717, 1.165) is 18.4 Å². The molecule has 0 saturated heterocycles. The van der Waals surface area contributed by atoms with Crippen LogP contribution in [0.3, 0.4) is 0 Å². The van der Waals surface area contributed by atoms with Crippen LogP contribution in [0.5, 0.6) is 0 Å². The highest BCUT2D eigenvalue weighted by Crippen LogP contribution is 2.33. The Hall–Kier alpha value is -2.60. The van der Waals surface area contributed by atoms with Gasteiger partial charge in [-0.3, -0.25) is 0 Å². The van der Waals surface area contributed by atoms with Gasteiger partial charge in [-0.05, 0) is 46.5 Å². The molecule has 0 bridgehead atoms. The fraction of sp³-hybridized carbons (Fsp3) is 0.0526. The third kappa shape index (κ3) is 3.44. The smallest absolute Gasteiger partial charge is 0.194 e.